The summed E-state index contributed by atoms with van der Waals surface area (Å²) in [5.41, 5.74) is 8.10. The van der Waals surface area contributed by atoms with Crippen molar-refractivity contribution in [3.8, 4) is 0 Å². The topological polar surface area (TPSA) is 152 Å². The van der Waals surface area contributed by atoms with Gasteiger partial charge in [0.1, 0.15) is 0 Å². The van der Waals surface area contributed by atoms with Crippen molar-refractivity contribution in [2.75, 3.05) is 38.7 Å². The van der Waals surface area contributed by atoms with Gasteiger partial charge < -0.3 is 23.9 Å². The molecule has 152 valence electrons. The van der Waals surface area contributed by atoms with E-state index < -0.39 is 24.9 Å². The molecule has 0 bridgehead atoms. The fourth-order valence-corrected chi connectivity index (χ4v) is 5.44. The quantitative estimate of drug-likeness (QED) is 0.138. The van der Waals surface area contributed by atoms with E-state index in [4.69, 9.17) is 18.8 Å². The molecule has 0 rings (SSSR count). The Bertz CT molecular complexity index is 538. The molecule has 0 radical (unpaired) electrons. The summed E-state index contributed by atoms with van der Waals surface area (Å²) in [4.78, 5) is 13.9. The molecule has 2 amide bonds. The number of hydrogen-bond donors (Lipinski definition) is 2. The van der Waals surface area contributed by atoms with E-state index in [1.165, 1.54) is 0 Å². The number of sulfonamides is 1. The standard InChI is InChI=1S/C13H29N5O6SSi/c1-4-22-26(23-5-2,24-6-3)12-8-10-16-13(19)15-9-7-11-25(20,21)18-17-14/h4-12H2,1-3H3,(H2,15,16,19). The molecular formula is C13H29N5O6SSi. The monoisotopic (exact) mass is 411 g/mol. The van der Waals surface area contributed by atoms with E-state index in [2.05, 4.69) is 20.1 Å². The Morgan fingerprint density at radius 2 is 1.54 bits per heavy atom. The van der Waals surface area contributed by atoms with Crippen molar-refractivity contribution in [1.29, 1.82) is 0 Å². The van der Waals surface area contributed by atoms with Crippen LogP contribution in [0.5, 0.6) is 0 Å². The molecule has 0 saturated heterocycles. The lowest BCUT2D eigenvalue weighted by molar-refractivity contribution is 0.0708. The summed E-state index contributed by atoms with van der Waals surface area (Å²) >= 11 is 0. The molecule has 0 atom stereocenters. The van der Waals surface area contributed by atoms with Crippen molar-refractivity contribution in [2.45, 2.75) is 39.7 Å². The van der Waals surface area contributed by atoms with Crippen molar-refractivity contribution >= 4 is 24.9 Å². The highest BCUT2D eigenvalue weighted by molar-refractivity contribution is 7.89. The Morgan fingerprint density at radius 1 is 1.04 bits per heavy atom. The molecule has 0 heterocycles. The molecule has 0 aliphatic rings. The van der Waals surface area contributed by atoms with Crippen LogP contribution in [0.3, 0.4) is 0 Å². The number of nitrogens with zero attached hydrogens (tertiary/aromatic N) is 3. The van der Waals surface area contributed by atoms with E-state index in [0.717, 1.165) is 0 Å². The molecular weight excluding hydrogens is 382 g/mol. The van der Waals surface area contributed by atoms with Gasteiger partial charge in [0, 0.05) is 48.4 Å². The molecule has 11 nitrogen and oxygen atoms in total. The van der Waals surface area contributed by atoms with Gasteiger partial charge in [-0.05, 0) is 39.1 Å². The molecule has 0 aromatic heterocycles. The van der Waals surface area contributed by atoms with Crippen LogP contribution < -0.4 is 10.6 Å². The summed E-state index contributed by atoms with van der Waals surface area (Å²) in [6.07, 6.45) is 0.786. The van der Waals surface area contributed by atoms with E-state index in [1.807, 2.05) is 20.8 Å². The van der Waals surface area contributed by atoms with Gasteiger partial charge in [0.2, 0.25) is 10.0 Å². The van der Waals surface area contributed by atoms with Gasteiger partial charge in [-0.15, -0.1) is 0 Å². The van der Waals surface area contributed by atoms with E-state index >= 15 is 0 Å². The van der Waals surface area contributed by atoms with Gasteiger partial charge in [0.15, 0.2) is 0 Å². The predicted molar refractivity (Wildman–Crippen MR) is 99.0 cm³/mol. The van der Waals surface area contributed by atoms with Crippen LogP contribution in [0.4, 0.5) is 4.79 Å². The van der Waals surface area contributed by atoms with Crippen LogP contribution in [0.25, 0.3) is 10.4 Å². The van der Waals surface area contributed by atoms with Crippen LogP contribution in [0.2, 0.25) is 6.04 Å². The second kappa shape index (κ2) is 13.8. The minimum atomic E-state index is -3.78. The minimum Gasteiger partial charge on any atom is -0.374 e. The number of urea groups is 1. The van der Waals surface area contributed by atoms with Crippen molar-refractivity contribution in [3.05, 3.63) is 10.4 Å². The molecule has 0 aliphatic heterocycles. The summed E-state index contributed by atoms with van der Waals surface area (Å²) in [5.74, 6) is -0.317. The van der Waals surface area contributed by atoms with Gasteiger partial charge in [0.25, 0.3) is 0 Å². The van der Waals surface area contributed by atoms with Crippen LogP contribution in [0.15, 0.2) is 4.52 Å². The highest BCUT2D eigenvalue weighted by Gasteiger charge is 2.39. The molecule has 2 N–H and O–H groups in total. The van der Waals surface area contributed by atoms with E-state index in [-0.39, 0.29) is 18.7 Å². The zero-order chi connectivity index (χ0) is 19.9. The van der Waals surface area contributed by atoms with Crippen molar-refractivity contribution in [1.82, 2.24) is 10.6 Å². The molecule has 0 aromatic carbocycles. The van der Waals surface area contributed by atoms with Crippen LogP contribution >= 0.6 is 0 Å². The summed E-state index contributed by atoms with van der Waals surface area (Å²) in [5, 5.41) is 5.22. The average Bonchev–Trinajstić information content (AvgIpc) is 2.56. The van der Waals surface area contributed by atoms with Crippen LogP contribution in [-0.2, 0) is 23.3 Å². The summed E-state index contributed by atoms with van der Waals surface area (Å²) in [6, 6.07) is 0.190. The number of nitrogens with one attached hydrogen (secondary N) is 2. The number of amides is 2. The first kappa shape index (κ1) is 24.6. The highest BCUT2D eigenvalue weighted by atomic mass is 32.2. The van der Waals surface area contributed by atoms with Crippen molar-refractivity contribution in [2.24, 2.45) is 4.52 Å². The van der Waals surface area contributed by atoms with Gasteiger partial charge in [0.05, 0.1) is 5.75 Å². The van der Waals surface area contributed by atoms with Crippen molar-refractivity contribution < 1.29 is 26.5 Å². The maximum atomic E-state index is 11.7. The zero-order valence-electron chi connectivity index (χ0n) is 15.6. The van der Waals surface area contributed by atoms with Gasteiger partial charge in [-0.3, -0.25) is 0 Å². The third-order valence-electron chi connectivity index (χ3n) is 3.06. The molecule has 0 aromatic rings. The Hall–Kier alpha value is -1.37. The first-order valence-electron chi connectivity index (χ1n) is 8.57. The SMILES string of the molecule is CCO[Si](CCCNC(=O)NCCCS(=O)(=O)N=[N+]=[N-])(OCC)OCC. The fraction of sp³-hybridized carbons (Fsp3) is 0.923. The lowest BCUT2D eigenvalue weighted by Crippen LogP contribution is -2.46. The number of carbonyl (C=O) groups is 1. The van der Waals surface area contributed by atoms with Crippen LogP contribution in [0, 0.1) is 0 Å². The average molecular weight is 412 g/mol. The molecule has 0 aliphatic carbocycles. The Balaban J connectivity index is 4.10. The van der Waals surface area contributed by atoms with E-state index in [0.29, 0.717) is 38.8 Å². The third kappa shape index (κ3) is 11.3. The van der Waals surface area contributed by atoms with Gasteiger partial charge >= 0.3 is 14.8 Å². The summed E-state index contributed by atoms with van der Waals surface area (Å²) in [7, 11) is -6.49. The minimum absolute atomic E-state index is 0.154. The molecule has 13 heteroatoms. The smallest absolute Gasteiger partial charge is 0.374 e. The maximum Gasteiger partial charge on any atom is 0.500 e. The molecule has 0 unspecified atom stereocenters. The van der Waals surface area contributed by atoms with E-state index in [1.54, 1.807) is 0 Å². The molecule has 26 heavy (non-hydrogen) atoms. The Kier molecular flexibility index (Phi) is 13.1. The van der Waals surface area contributed by atoms with Crippen molar-refractivity contribution in [3.63, 3.8) is 0 Å². The molecule has 0 saturated carbocycles. The first-order valence-corrected chi connectivity index (χ1v) is 12.1. The summed E-state index contributed by atoms with van der Waals surface area (Å²) < 4.78 is 42.2. The second-order valence-electron chi connectivity index (χ2n) is 5.08. The molecule has 0 fully saturated rings. The van der Waals surface area contributed by atoms with E-state index in [9.17, 15) is 13.2 Å². The first-order chi connectivity index (χ1) is 12.3. The maximum absolute atomic E-state index is 11.7. The Labute approximate surface area is 155 Å². The number of carbonyl (C=O) groups excluding carboxylic acids is 1. The zero-order valence-corrected chi connectivity index (χ0v) is 17.4. The van der Waals surface area contributed by atoms with Gasteiger partial charge in [-0.1, -0.05) is 0 Å². The predicted octanol–water partition coefficient (Wildman–Crippen LogP) is 1.75. The lowest BCUT2D eigenvalue weighted by Gasteiger charge is -2.28. The lowest BCUT2D eigenvalue weighted by atomic mass is 10.4. The highest BCUT2D eigenvalue weighted by Crippen LogP contribution is 2.17. The fourth-order valence-electron chi connectivity index (χ4n) is 2.12. The van der Waals surface area contributed by atoms with Crippen LogP contribution in [0.1, 0.15) is 33.6 Å². The molecule has 0 spiro atoms. The van der Waals surface area contributed by atoms with Gasteiger partial charge in [-0.2, -0.15) is 0 Å². The van der Waals surface area contributed by atoms with Gasteiger partial charge in [-0.25, -0.2) is 13.2 Å². The normalized spacial score (nSPS) is 11.7. The summed E-state index contributed by atoms with van der Waals surface area (Å²) in [6.45, 7) is 7.71. The second-order valence-corrected chi connectivity index (χ2v) is 9.55. The third-order valence-corrected chi connectivity index (χ3v) is 7.34. The number of rotatable bonds is 15. The van der Waals surface area contributed by atoms with Crippen LogP contribution in [-0.4, -0.2) is 61.9 Å². The number of azide groups is 1. The number of hydrogen-bond acceptors (Lipinski definition) is 6. The Morgan fingerprint density at radius 3 is 2.00 bits per heavy atom. The largest absolute Gasteiger partial charge is 0.500 e.